The molecular formula is C17H16BrClFN. The van der Waals surface area contributed by atoms with Gasteiger partial charge >= 0.3 is 0 Å². The summed E-state index contributed by atoms with van der Waals surface area (Å²) in [5, 5.41) is 3.94. The molecule has 21 heavy (non-hydrogen) atoms. The Morgan fingerprint density at radius 2 is 1.95 bits per heavy atom. The summed E-state index contributed by atoms with van der Waals surface area (Å²) in [6.45, 7) is 1.73. The maximum absolute atomic E-state index is 14.3. The Morgan fingerprint density at radius 3 is 2.71 bits per heavy atom. The van der Waals surface area contributed by atoms with E-state index in [1.54, 1.807) is 12.1 Å². The van der Waals surface area contributed by atoms with Crippen molar-refractivity contribution >= 4 is 27.5 Å². The van der Waals surface area contributed by atoms with E-state index in [-0.39, 0.29) is 17.7 Å². The number of nitrogens with one attached hydrogen (secondary N) is 1. The summed E-state index contributed by atoms with van der Waals surface area (Å²) in [4.78, 5) is 0. The van der Waals surface area contributed by atoms with E-state index < -0.39 is 0 Å². The second kappa shape index (κ2) is 6.47. The minimum Gasteiger partial charge on any atom is -0.316 e. The Bertz CT molecular complexity index is 626. The summed E-state index contributed by atoms with van der Waals surface area (Å²) >= 11 is 9.79. The van der Waals surface area contributed by atoms with Crippen LogP contribution in [0.25, 0.3) is 0 Å². The van der Waals surface area contributed by atoms with Crippen molar-refractivity contribution in [2.75, 3.05) is 13.1 Å². The van der Waals surface area contributed by atoms with Crippen molar-refractivity contribution in [2.24, 2.45) is 0 Å². The summed E-state index contributed by atoms with van der Waals surface area (Å²) in [7, 11) is 0. The van der Waals surface area contributed by atoms with Crippen molar-refractivity contribution in [2.45, 2.75) is 18.3 Å². The highest BCUT2D eigenvalue weighted by Crippen LogP contribution is 2.41. The number of hydrogen-bond donors (Lipinski definition) is 1. The lowest BCUT2D eigenvalue weighted by Crippen LogP contribution is -2.34. The van der Waals surface area contributed by atoms with Crippen LogP contribution in [0.2, 0.25) is 5.02 Å². The summed E-state index contributed by atoms with van der Waals surface area (Å²) in [5.74, 6) is 0.134. The van der Waals surface area contributed by atoms with Crippen molar-refractivity contribution in [3.63, 3.8) is 0 Å². The normalized spacial score (nSPS) is 22.2. The van der Waals surface area contributed by atoms with Crippen LogP contribution in [-0.4, -0.2) is 13.1 Å². The van der Waals surface area contributed by atoms with Gasteiger partial charge in [0, 0.05) is 27.5 Å². The van der Waals surface area contributed by atoms with Gasteiger partial charge in [-0.25, -0.2) is 4.39 Å². The van der Waals surface area contributed by atoms with Crippen LogP contribution < -0.4 is 5.32 Å². The average Bonchev–Trinajstić information content (AvgIpc) is 2.47. The van der Waals surface area contributed by atoms with E-state index >= 15 is 0 Å². The molecular weight excluding hydrogens is 353 g/mol. The number of hydrogen-bond acceptors (Lipinski definition) is 1. The topological polar surface area (TPSA) is 12.0 Å². The maximum Gasteiger partial charge on any atom is 0.128 e. The van der Waals surface area contributed by atoms with Gasteiger partial charge in [0.1, 0.15) is 5.82 Å². The average molecular weight is 369 g/mol. The van der Waals surface area contributed by atoms with Gasteiger partial charge in [-0.3, -0.25) is 0 Å². The molecule has 4 heteroatoms. The minimum absolute atomic E-state index is 0.106. The zero-order valence-corrected chi connectivity index (χ0v) is 13.8. The van der Waals surface area contributed by atoms with Crippen LogP contribution in [0.15, 0.2) is 46.9 Å². The van der Waals surface area contributed by atoms with E-state index in [0.29, 0.717) is 10.6 Å². The number of benzene rings is 2. The monoisotopic (exact) mass is 367 g/mol. The van der Waals surface area contributed by atoms with Crippen LogP contribution in [0.5, 0.6) is 0 Å². The maximum atomic E-state index is 14.3. The summed E-state index contributed by atoms with van der Waals surface area (Å²) in [6.07, 6.45) is 0.887. The summed E-state index contributed by atoms with van der Waals surface area (Å²) in [6, 6.07) is 13.2. The standard InChI is InChI=1S/C17H16BrClFN/c18-12-4-1-3-11(9-12)14-10-21-8-7-13(14)17-15(19)5-2-6-16(17)20/h1-6,9,13-14,21H,7-8,10H2. The van der Waals surface area contributed by atoms with E-state index in [2.05, 4.69) is 33.4 Å². The number of halogens is 3. The molecule has 1 saturated heterocycles. The van der Waals surface area contributed by atoms with Crippen LogP contribution in [0, 0.1) is 5.82 Å². The molecule has 0 spiro atoms. The highest BCUT2D eigenvalue weighted by Gasteiger charge is 2.31. The molecule has 1 aliphatic heterocycles. The molecule has 110 valence electrons. The molecule has 0 bridgehead atoms. The van der Waals surface area contributed by atoms with Gasteiger partial charge in [-0.2, -0.15) is 0 Å². The van der Waals surface area contributed by atoms with Crippen molar-refractivity contribution < 1.29 is 4.39 Å². The van der Waals surface area contributed by atoms with E-state index in [4.69, 9.17) is 11.6 Å². The van der Waals surface area contributed by atoms with Gasteiger partial charge in [0.15, 0.2) is 0 Å². The van der Waals surface area contributed by atoms with Gasteiger partial charge in [-0.1, -0.05) is 45.7 Å². The van der Waals surface area contributed by atoms with E-state index in [1.807, 2.05) is 12.1 Å². The minimum atomic E-state index is -0.200. The summed E-state index contributed by atoms with van der Waals surface area (Å²) in [5.41, 5.74) is 1.87. The van der Waals surface area contributed by atoms with Crippen LogP contribution in [-0.2, 0) is 0 Å². The fourth-order valence-corrected chi connectivity index (χ4v) is 3.88. The van der Waals surface area contributed by atoms with Crippen molar-refractivity contribution in [1.29, 1.82) is 0 Å². The van der Waals surface area contributed by atoms with Crippen molar-refractivity contribution in [3.05, 3.63) is 68.9 Å². The Kier molecular flexibility index (Phi) is 4.63. The van der Waals surface area contributed by atoms with Crippen molar-refractivity contribution in [1.82, 2.24) is 5.32 Å². The predicted molar refractivity (Wildman–Crippen MR) is 88.5 cm³/mol. The van der Waals surface area contributed by atoms with Crippen LogP contribution >= 0.6 is 27.5 Å². The van der Waals surface area contributed by atoms with Gasteiger partial charge in [-0.15, -0.1) is 0 Å². The van der Waals surface area contributed by atoms with E-state index in [9.17, 15) is 4.39 Å². The molecule has 1 fully saturated rings. The highest BCUT2D eigenvalue weighted by atomic mass is 79.9. The molecule has 2 aromatic rings. The largest absolute Gasteiger partial charge is 0.316 e. The first-order valence-corrected chi connectivity index (χ1v) is 8.24. The number of rotatable bonds is 2. The lowest BCUT2D eigenvalue weighted by atomic mass is 9.77. The van der Waals surface area contributed by atoms with Crippen LogP contribution in [0.4, 0.5) is 4.39 Å². The van der Waals surface area contributed by atoms with Crippen molar-refractivity contribution in [3.8, 4) is 0 Å². The molecule has 1 aliphatic rings. The van der Waals surface area contributed by atoms with Crippen LogP contribution in [0.1, 0.15) is 29.4 Å². The molecule has 0 amide bonds. The van der Waals surface area contributed by atoms with E-state index in [0.717, 1.165) is 24.0 Å². The lowest BCUT2D eigenvalue weighted by Gasteiger charge is -2.33. The van der Waals surface area contributed by atoms with Gasteiger partial charge in [0.05, 0.1) is 0 Å². The third kappa shape index (κ3) is 3.15. The third-order valence-corrected chi connectivity index (χ3v) is 4.95. The smallest absolute Gasteiger partial charge is 0.128 e. The molecule has 2 aromatic carbocycles. The molecule has 3 rings (SSSR count). The first-order chi connectivity index (χ1) is 10.2. The Hall–Kier alpha value is -0.900. The van der Waals surface area contributed by atoms with E-state index in [1.165, 1.54) is 11.6 Å². The lowest BCUT2D eigenvalue weighted by molar-refractivity contribution is 0.393. The van der Waals surface area contributed by atoms with Crippen LogP contribution in [0.3, 0.4) is 0 Å². The highest BCUT2D eigenvalue weighted by molar-refractivity contribution is 9.10. The first-order valence-electron chi connectivity index (χ1n) is 7.07. The molecule has 0 aromatic heterocycles. The predicted octanol–water partition coefficient (Wildman–Crippen LogP) is 5.10. The molecule has 0 saturated carbocycles. The second-order valence-corrected chi connectivity index (χ2v) is 6.72. The Balaban J connectivity index is 2.02. The third-order valence-electron chi connectivity index (χ3n) is 4.13. The fraction of sp³-hybridized carbons (Fsp3) is 0.294. The van der Waals surface area contributed by atoms with Gasteiger partial charge in [0.2, 0.25) is 0 Å². The Labute approximate surface area is 137 Å². The molecule has 1 N–H and O–H groups in total. The molecule has 0 radical (unpaired) electrons. The molecule has 2 atom stereocenters. The molecule has 0 aliphatic carbocycles. The number of piperidine rings is 1. The zero-order chi connectivity index (χ0) is 14.8. The SMILES string of the molecule is Fc1cccc(Cl)c1C1CCNCC1c1cccc(Br)c1. The fourth-order valence-electron chi connectivity index (χ4n) is 3.16. The molecule has 2 unspecified atom stereocenters. The Morgan fingerprint density at radius 1 is 1.14 bits per heavy atom. The summed E-state index contributed by atoms with van der Waals surface area (Å²) < 4.78 is 15.3. The van der Waals surface area contributed by atoms with Gasteiger partial charge in [0.25, 0.3) is 0 Å². The first kappa shape index (κ1) is 15.0. The van der Waals surface area contributed by atoms with Gasteiger partial charge in [-0.05, 0) is 48.7 Å². The zero-order valence-electron chi connectivity index (χ0n) is 11.5. The molecule has 1 heterocycles. The molecule has 1 nitrogen and oxygen atoms in total. The van der Waals surface area contributed by atoms with Gasteiger partial charge < -0.3 is 5.32 Å². The quantitative estimate of drug-likeness (QED) is 0.777. The second-order valence-electron chi connectivity index (χ2n) is 5.40.